The van der Waals surface area contributed by atoms with Crippen LogP contribution in [0.2, 0.25) is 0 Å². The molecule has 0 N–H and O–H groups in total. The van der Waals surface area contributed by atoms with Crippen LogP contribution in [0.4, 0.5) is 0 Å². The fraction of sp³-hybridized carbons (Fsp3) is 0.625. The van der Waals surface area contributed by atoms with Gasteiger partial charge in [-0.3, -0.25) is 4.79 Å². The van der Waals surface area contributed by atoms with Gasteiger partial charge in [0, 0.05) is 12.3 Å². The zero-order valence-electron chi connectivity index (χ0n) is 5.50. The number of rotatable bonds is 0. The molecular formula is C8H10O. The van der Waals surface area contributed by atoms with Crippen LogP contribution < -0.4 is 0 Å². The van der Waals surface area contributed by atoms with Gasteiger partial charge >= 0.3 is 0 Å². The van der Waals surface area contributed by atoms with E-state index in [9.17, 15) is 4.79 Å². The molecule has 2 rings (SSSR count). The fourth-order valence-electron chi connectivity index (χ4n) is 1.77. The van der Waals surface area contributed by atoms with Gasteiger partial charge in [0.15, 0.2) is 0 Å². The second-order valence-corrected chi connectivity index (χ2v) is 3.10. The molecule has 0 aliphatic heterocycles. The van der Waals surface area contributed by atoms with Crippen LogP contribution in [0, 0.1) is 17.8 Å². The normalized spacial score (nSPS) is 46.8. The molecule has 0 aromatic carbocycles. The lowest BCUT2D eigenvalue weighted by Crippen LogP contribution is -2.35. The highest BCUT2D eigenvalue weighted by atomic mass is 16.1. The molecule has 0 spiro atoms. The van der Waals surface area contributed by atoms with E-state index in [0.29, 0.717) is 23.5 Å². The van der Waals surface area contributed by atoms with Crippen molar-refractivity contribution in [2.24, 2.45) is 17.8 Å². The third-order valence-corrected chi connectivity index (χ3v) is 2.57. The van der Waals surface area contributed by atoms with E-state index < -0.39 is 0 Å². The maximum Gasteiger partial charge on any atom is 0.140 e. The summed E-state index contributed by atoms with van der Waals surface area (Å²) in [6, 6.07) is 0. The van der Waals surface area contributed by atoms with Gasteiger partial charge in [0.2, 0.25) is 0 Å². The number of Topliss-reactive ketones (excluding diaryl/α,β-unsaturated/α-hetero) is 1. The van der Waals surface area contributed by atoms with E-state index in [2.05, 4.69) is 19.1 Å². The topological polar surface area (TPSA) is 17.1 Å². The van der Waals surface area contributed by atoms with Crippen molar-refractivity contribution in [1.29, 1.82) is 0 Å². The van der Waals surface area contributed by atoms with E-state index in [1.165, 1.54) is 0 Å². The van der Waals surface area contributed by atoms with E-state index >= 15 is 0 Å². The van der Waals surface area contributed by atoms with Crippen molar-refractivity contribution in [3.05, 3.63) is 12.2 Å². The van der Waals surface area contributed by atoms with Crippen LogP contribution in [-0.4, -0.2) is 5.78 Å². The number of carbonyl (C=O) groups excluding carboxylic acids is 1. The molecule has 0 radical (unpaired) electrons. The second kappa shape index (κ2) is 1.47. The largest absolute Gasteiger partial charge is 0.299 e. The van der Waals surface area contributed by atoms with E-state index in [4.69, 9.17) is 0 Å². The van der Waals surface area contributed by atoms with Gasteiger partial charge in [0.1, 0.15) is 5.78 Å². The van der Waals surface area contributed by atoms with Crippen LogP contribution in [0.3, 0.4) is 0 Å². The van der Waals surface area contributed by atoms with Gasteiger partial charge in [-0.25, -0.2) is 0 Å². The van der Waals surface area contributed by atoms with Gasteiger partial charge in [0.05, 0.1) is 0 Å². The SMILES string of the molecule is C[C@@H]1C=C[C@@H]2C(=O)C[C@H]12. The predicted octanol–water partition coefficient (Wildman–Crippen LogP) is 1.40. The molecule has 3 atom stereocenters. The standard InChI is InChI=1S/C8H10O/c1-5-2-3-6-7(5)4-8(6)9/h2-3,5-7H,4H2,1H3/t5-,6+,7-/m1/s1. The van der Waals surface area contributed by atoms with Crippen molar-refractivity contribution in [3.8, 4) is 0 Å². The molecule has 1 nitrogen and oxygen atoms in total. The van der Waals surface area contributed by atoms with Crippen LogP contribution in [0.25, 0.3) is 0 Å². The summed E-state index contributed by atoms with van der Waals surface area (Å²) in [6.45, 7) is 2.19. The molecule has 1 saturated carbocycles. The molecule has 0 aromatic heterocycles. The predicted molar refractivity (Wildman–Crippen MR) is 34.9 cm³/mol. The Morgan fingerprint density at radius 2 is 2.33 bits per heavy atom. The Bertz CT molecular complexity index is 181. The van der Waals surface area contributed by atoms with Crippen molar-refractivity contribution >= 4 is 5.78 Å². The van der Waals surface area contributed by atoms with Crippen LogP contribution in [0.1, 0.15) is 13.3 Å². The second-order valence-electron chi connectivity index (χ2n) is 3.10. The van der Waals surface area contributed by atoms with E-state index in [1.54, 1.807) is 0 Å². The number of fused-ring (bicyclic) bond motifs is 1. The first-order chi connectivity index (χ1) is 4.29. The Kier molecular flexibility index (Phi) is 0.850. The molecule has 0 aromatic rings. The molecule has 1 heteroatoms. The molecule has 0 heterocycles. The van der Waals surface area contributed by atoms with Gasteiger partial charge in [-0.2, -0.15) is 0 Å². The van der Waals surface area contributed by atoms with Crippen molar-refractivity contribution in [2.45, 2.75) is 13.3 Å². The molecule has 0 unspecified atom stereocenters. The summed E-state index contributed by atoms with van der Waals surface area (Å²) in [5.41, 5.74) is 0. The Labute approximate surface area is 54.8 Å². The number of allylic oxidation sites excluding steroid dienone is 2. The molecule has 2 aliphatic rings. The summed E-state index contributed by atoms with van der Waals surface area (Å²) in [6.07, 6.45) is 5.07. The maximum atomic E-state index is 10.8. The van der Waals surface area contributed by atoms with E-state index in [0.717, 1.165) is 6.42 Å². The van der Waals surface area contributed by atoms with Crippen molar-refractivity contribution < 1.29 is 4.79 Å². The number of ketones is 1. The van der Waals surface area contributed by atoms with Crippen molar-refractivity contribution in [3.63, 3.8) is 0 Å². The summed E-state index contributed by atoms with van der Waals surface area (Å²) in [5.74, 6) is 2.10. The Morgan fingerprint density at radius 1 is 1.56 bits per heavy atom. The molecule has 0 amide bonds. The monoisotopic (exact) mass is 122 g/mol. The molecule has 0 bridgehead atoms. The van der Waals surface area contributed by atoms with Gasteiger partial charge in [0.25, 0.3) is 0 Å². The minimum absolute atomic E-state index is 0.319. The minimum atomic E-state index is 0.319. The lowest BCUT2D eigenvalue weighted by molar-refractivity contribution is -0.131. The van der Waals surface area contributed by atoms with E-state index in [1.807, 2.05) is 0 Å². The van der Waals surface area contributed by atoms with Crippen LogP contribution in [0.5, 0.6) is 0 Å². The summed E-state index contributed by atoms with van der Waals surface area (Å²) in [7, 11) is 0. The quantitative estimate of drug-likeness (QED) is 0.444. The molecular weight excluding hydrogens is 112 g/mol. The fourth-order valence-corrected chi connectivity index (χ4v) is 1.77. The van der Waals surface area contributed by atoms with Gasteiger partial charge in [-0.05, 0) is 11.8 Å². The Balaban J connectivity index is 2.19. The highest BCUT2D eigenvalue weighted by Crippen LogP contribution is 2.42. The van der Waals surface area contributed by atoms with Crippen LogP contribution in [0.15, 0.2) is 12.2 Å². The molecule has 0 saturated heterocycles. The number of hydrogen-bond acceptors (Lipinski definition) is 1. The third-order valence-electron chi connectivity index (χ3n) is 2.57. The lowest BCUT2D eigenvalue weighted by atomic mass is 9.71. The van der Waals surface area contributed by atoms with Gasteiger partial charge in [-0.1, -0.05) is 19.1 Å². The van der Waals surface area contributed by atoms with Crippen LogP contribution >= 0.6 is 0 Å². The third kappa shape index (κ3) is 0.521. The zero-order chi connectivity index (χ0) is 6.43. The zero-order valence-corrected chi connectivity index (χ0v) is 5.50. The van der Waals surface area contributed by atoms with Gasteiger partial charge in [-0.15, -0.1) is 0 Å². The number of carbonyl (C=O) groups is 1. The summed E-state index contributed by atoms with van der Waals surface area (Å²) in [4.78, 5) is 10.8. The van der Waals surface area contributed by atoms with Gasteiger partial charge < -0.3 is 0 Å². The summed E-state index contributed by atoms with van der Waals surface area (Å²) < 4.78 is 0. The first kappa shape index (κ1) is 5.21. The highest BCUT2D eigenvalue weighted by molar-refractivity contribution is 5.90. The van der Waals surface area contributed by atoms with Crippen LogP contribution in [-0.2, 0) is 4.79 Å². The lowest BCUT2D eigenvalue weighted by Gasteiger charge is -2.30. The molecule has 48 valence electrons. The van der Waals surface area contributed by atoms with E-state index in [-0.39, 0.29) is 0 Å². The first-order valence-corrected chi connectivity index (χ1v) is 3.50. The molecule has 1 fully saturated rings. The first-order valence-electron chi connectivity index (χ1n) is 3.50. The number of hydrogen-bond donors (Lipinski definition) is 0. The smallest absolute Gasteiger partial charge is 0.140 e. The average Bonchev–Trinajstić information content (AvgIpc) is 2.07. The van der Waals surface area contributed by atoms with Crippen molar-refractivity contribution in [1.82, 2.24) is 0 Å². The minimum Gasteiger partial charge on any atom is -0.299 e. The molecule has 9 heavy (non-hydrogen) atoms. The average molecular weight is 122 g/mol. The maximum absolute atomic E-state index is 10.8. The highest BCUT2D eigenvalue weighted by Gasteiger charge is 2.43. The Hall–Kier alpha value is -0.590. The summed E-state index contributed by atoms with van der Waals surface area (Å²) in [5, 5.41) is 0. The summed E-state index contributed by atoms with van der Waals surface area (Å²) >= 11 is 0. The Morgan fingerprint density at radius 3 is 2.78 bits per heavy atom. The van der Waals surface area contributed by atoms with Crippen molar-refractivity contribution in [2.75, 3.05) is 0 Å². The molecule has 2 aliphatic carbocycles.